The van der Waals surface area contributed by atoms with Gasteiger partial charge in [-0.05, 0) is 56.6 Å². The Morgan fingerprint density at radius 1 is 1.19 bits per heavy atom. The first-order chi connectivity index (χ1) is 10.2. The van der Waals surface area contributed by atoms with Gasteiger partial charge < -0.3 is 10.1 Å². The van der Waals surface area contributed by atoms with E-state index in [1.165, 1.54) is 5.56 Å². The molecule has 2 rings (SSSR count). The zero-order chi connectivity index (χ0) is 15.1. The number of ether oxygens (including phenoxy) is 1. The molecule has 0 aliphatic rings. The van der Waals surface area contributed by atoms with Crippen molar-refractivity contribution >= 4 is 0 Å². The molecule has 2 aromatic rings. The topological polar surface area (TPSA) is 34.1 Å². The van der Waals surface area contributed by atoms with Crippen molar-refractivity contribution in [3.05, 3.63) is 59.4 Å². The van der Waals surface area contributed by atoms with Crippen LogP contribution >= 0.6 is 0 Å². The number of aromatic nitrogens is 1. The van der Waals surface area contributed by atoms with E-state index < -0.39 is 0 Å². The number of hydrogen-bond acceptors (Lipinski definition) is 3. The lowest BCUT2D eigenvalue weighted by Gasteiger charge is -2.15. The Morgan fingerprint density at radius 2 is 2.00 bits per heavy atom. The minimum absolute atomic E-state index is 0.339. The van der Waals surface area contributed by atoms with Crippen LogP contribution in [0.3, 0.4) is 0 Å². The highest BCUT2D eigenvalue weighted by Gasteiger charge is 2.05. The third kappa shape index (κ3) is 4.87. The average molecular weight is 284 g/mol. The molecule has 0 radical (unpaired) electrons. The van der Waals surface area contributed by atoms with Gasteiger partial charge in [0.2, 0.25) is 0 Å². The van der Waals surface area contributed by atoms with Gasteiger partial charge in [-0.25, -0.2) is 0 Å². The van der Waals surface area contributed by atoms with Gasteiger partial charge in [0.15, 0.2) is 0 Å². The van der Waals surface area contributed by atoms with Crippen LogP contribution in [0.25, 0.3) is 0 Å². The molecule has 1 heterocycles. The van der Waals surface area contributed by atoms with Crippen molar-refractivity contribution in [1.82, 2.24) is 10.3 Å². The van der Waals surface area contributed by atoms with E-state index in [2.05, 4.69) is 36.3 Å². The summed E-state index contributed by atoms with van der Waals surface area (Å²) in [5, 5.41) is 3.49. The van der Waals surface area contributed by atoms with E-state index in [1.54, 1.807) is 0 Å². The molecule has 1 N–H and O–H groups in total. The van der Waals surface area contributed by atoms with Crippen LogP contribution < -0.4 is 10.1 Å². The highest BCUT2D eigenvalue weighted by molar-refractivity contribution is 5.30. The summed E-state index contributed by atoms with van der Waals surface area (Å²) in [7, 11) is 0. The van der Waals surface area contributed by atoms with E-state index in [0.717, 1.165) is 30.1 Å². The first kappa shape index (κ1) is 15.5. The number of nitrogens with zero attached hydrogens (tertiary/aromatic N) is 1. The van der Waals surface area contributed by atoms with Crippen LogP contribution in [-0.4, -0.2) is 11.5 Å². The predicted molar refractivity (Wildman–Crippen MR) is 86.5 cm³/mol. The summed E-state index contributed by atoms with van der Waals surface area (Å²) in [4.78, 5) is 4.45. The Kier molecular flexibility index (Phi) is 5.76. The van der Waals surface area contributed by atoms with Crippen LogP contribution in [-0.2, 0) is 6.61 Å². The van der Waals surface area contributed by atoms with Crippen LogP contribution in [0.4, 0.5) is 0 Å². The lowest BCUT2D eigenvalue weighted by atomic mass is 10.1. The first-order valence-corrected chi connectivity index (χ1v) is 7.57. The number of aryl methyl sites for hydroxylation is 1. The molecule has 0 saturated heterocycles. The van der Waals surface area contributed by atoms with Gasteiger partial charge in [0.05, 0.1) is 5.69 Å². The highest BCUT2D eigenvalue weighted by atomic mass is 16.5. The van der Waals surface area contributed by atoms with Gasteiger partial charge >= 0.3 is 0 Å². The normalized spacial score (nSPS) is 12.1. The van der Waals surface area contributed by atoms with Gasteiger partial charge in [0, 0.05) is 11.7 Å². The van der Waals surface area contributed by atoms with Crippen LogP contribution in [0, 0.1) is 6.92 Å². The third-order valence-electron chi connectivity index (χ3n) is 3.39. The number of nitrogens with one attached hydrogen (secondary N) is 1. The largest absolute Gasteiger partial charge is 0.487 e. The Bertz CT molecular complexity index is 569. The van der Waals surface area contributed by atoms with Gasteiger partial charge in [-0.15, -0.1) is 0 Å². The molecular formula is C18H24N2O. The monoisotopic (exact) mass is 284 g/mol. The van der Waals surface area contributed by atoms with Crippen molar-refractivity contribution in [2.75, 3.05) is 6.54 Å². The predicted octanol–water partition coefficient (Wildman–Crippen LogP) is 4.03. The smallest absolute Gasteiger partial charge is 0.130 e. The Labute approximate surface area is 127 Å². The van der Waals surface area contributed by atoms with Crippen molar-refractivity contribution < 1.29 is 4.74 Å². The Morgan fingerprint density at radius 3 is 2.76 bits per heavy atom. The van der Waals surface area contributed by atoms with E-state index >= 15 is 0 Å². The molecule has 1 aromatic carbocycles. The van der Waals surface area contributed by atoms with Gasteiger partial charge in [0.1, 0.15) is 12.4 Å². The van der Waals surface area contributed by atoms with Crippen LogP contribution in [0.2, 0.25) is 0 Å². The van der Waals surface area contributed by atoms with E-state index in [4.69, 9.17) is 4.74 Å². The summed E-state index contributed by atoms with van der Waals surface area (Å²) in [5.41, 5.74) is 3.22. The van der Waals surface area contributed by atoms with E-state index in [1.807, 2.05) is 37.3 Å². The summed E-state index contributed by atoms with van der Waals surface area (Å²) < 4.78 is 5.85. The van der Waals surface area contributed by atoms with Crippen molar-refractivity contribution in [1.29, 1.82) is 0 Å². The van der Waals surface area contributed by atoms with Gasteiger partial charge in [0.25, 0.3) is 0 Å². The third-order valence-corrected chi connectivity index (χ3v) is 3.39. The lowest BCUT2D eigenvalue weighted by Crippen LogP contribution is -2.19. The zero-order valence-electron chi connectivity index (χ0n) is 13.1. The summed E-state index contributed by atoms with van der Waals surface area (Å²) in [6.07, 6.45) is 1.14. The molecule has 1 aromatic heterocycles. The molecule has 0 aliphatic heterocycles. The summed E-state index contributed by atoms with van der Waals surface area (Å²) >= 11 is 0. The molecule has 3 nitrogen and oxygen atoms in total. The van der Waals surface area contributed by atoms with E-state index in [9.17, 15) is 0 Å². The molecule has 112 valence electrons. The average Bonchev–Trinajstić information content (AvgIpc) is 2.51. The molecule has 1 unspecified atom stereocenters. The molecule has 0 saturated carbocycles. The molecule has 0 amide bonds. The second-order valence-corrected chi connectivity index (χ2v) is 5.31. The second kappa shape index (κ2) is 7.79. The van der Waals surface area contributed by atoms with Crippen molar-refractivity contribution in [3.8, 4) is 5.75 Å². The fourth-order valence-corrected chi connectivity index (χ4v) is 2.19. The highest BCUT2D eigenvalue weighted by Crippen LogP contribution is 2.20. The molecule has 0 spiro atoms. The van der Waals surface area contributed by atoms with Crippen molar-refractivity contribution in [2.45, 2.75) is 39.8 Å². The van der Waals surface area contributed by atoms with Crippen molar-refractivity contribution in [2.24, 2.45) is 0 Å². The minimum Gasteiger partial charge on any atom is -0.487 e. The van der Waals surface area contributed by atoms with Crippen LogP contribution in [0.15, 0.2) is 42.5 Å². The molecular weight excluding hydrogens is 260 g/mol. The van der Waals surface area contributed by atoms with E-state index in [0.29, 0.717) is 12.6 Å². The number of pyridine rings is 1. The number of rotatable bonds is 7. The molecule has 0 bridgehead atoms. The summed E-state index contributed by atoms with van der Waals surface area (Å²) in [6, 6.07) is 14.6. The van der Waals surface area contributed by atoms with Crippen LogP contribution in [0.5, 0.6) is 5.75 Å². The second-order valence-electron chi connectivity index (χ2n) is 5.31. The molecule has 1 atom stereocenters. The molecule has 3 heteroatoms. The van der Waals surface area contributed by atoms with Gasteiger partial charge in [-0.3, -0.25) is 4.98 Å². The SMILES string of the molecule is CCCNC(C)c1cccc(OCc2cccc(C)n2)c1. The Hall–Kier alpha value is -1.87. The first-order valence-electron chi connectivity index (χ1n) is 7.57. The minimum atomic E-state index is 0.339. The number of hydrogen-bond donors (Lipinski definition) is 1. The summed E-state index contributed by atoms with van der Waals surface area (Å²) in [5.74, 6) is 0.890. The zero-order valence-corrected chi connectivity index (χ0v) is 13.1. The maximum absolute atomic E-state index is 5.85. The molecule has 0 aliphatic carbocycles. The van der Waals surface area contributed by atoms with Crippen molar-refractivity contribution in [3.63, 3.8) is 0 Å². The molecule has 0 fully saturated rings. The fourth-order valence-electron chi connectivity index (χ4n) is 2.19. The number of benzene rings is 1. The molecule has 21 heavy (non-hydrogen) atoms. The van der Waals surface area contributed by atoms with E-state index in [-0.39, 0.29) is 0 Å². The Balaban J connectivity index is 1.97. The summed E-state index contributed by atoms with van der Waals surface area (Å²) in [6.45, 7) is 7.87. The maximum Gasteiger partial charge on any atom is 0.130 e. The quantitative estimate of drug-likeness (QED) is 0.833. The van der Waals surface area contributed by atoms with Crippen LogP contribution in [0.1, 0.15) is 43.3 Å². The standard InChI is InChI=1S/C18H24N2O/c1-4-11-19-15(3)16-8-6-10-18(12-16)21-13-17-9-5-7-14(2)20-17/h5-10,12,15,19H,4,11,13H2,1-3H3. The fraction of sp³-hybridized carbons (Fsp3) is 0.389. The van der Waals surface area contributed by atoms with Gasteiger partial charge in [-0.2, -0.15) is 0 Å². The lowest BCUT2D eigenvalue weighted by molar-refractivity contribution is 0.300. The maximum atomic E-state index is 5.85. The van der Waals surface area contributed by atoms with Gasteiger partial charge in [-0.1, -0.05) is 25.1 Å².